The molecule has 3 N–H and O–H groups in total. The first-order chi connectivity index (χ1) is 14.8. The van der Waals surface area contributed by atoms with Gasteiger partial charge in [0.15, 0.2) is 5.03 Å². The molecule has 1 atom stereocenters. The summed E-state index contributed by atoms with van der Waals surface area (Å²) < 4.78 is 25.3. The van der Waals surface area contributed by atoms with Gasteiger partial charge in [-0.25, -0.2) is 18.2 Å². The van der Waals surface area contributed by atoms with Crippen molar-refractivity contribution in [2.75, 3.05) is 13.1 Å². The van der Waals surface area contributed by atoms with Crippen LogP contribution in [0.2, 0.25) is 5.02 Å². The van der Waals surface area contributed by atoms with Gasteiger partial charge in [0.2, 0.25) is 9.84 Å². The fraction of sp³-hybridized carbons (Fsp3) is 0.182. The number of halogens is 1. The van der Waals surface area contributed by atoms with Crippen LogP contribution in [0, 0.1) is 0 Å². The number of aliphatic hydroxyl groups is 1. The summed E-state index contributed by atoms with van der Waals surface area (Å²) in [4.78, 5) is 14.7. The van der Waals surface area contributed by atoms with Crippen molar-refractivity contribution < 1.29 is 23.4 Å². The fourth-order valence-corrected chi connectivity index (χ4v) is 4.30. The number of carboxylic acids is 1. The van der Waals surface area contributed by atoms with E-state index < -0.39 is 21.9 Å². The molecular weight excluding hydrogens is 440 g/mol. The molecule has 3 rings (SSSR count). The predicted molar refractivity (Wildman–Crippen MR) is 116 cm³/mol. The average molecular weight is 461 g/mol. The Labute approximate surface area is 185 Å². The highest BCUT2D eigenvalue weighted by Crippen LogP contribution is 2.20. The number of aliphatic hydroxyl groups excluding tert-OH is 1. The predicted octanol–water partition coefficient (Wildman–Crippen LogP) is 3.13. The summed E-state index contributed by atoms with van der Waals surface area (Å²) in [5.41, 5.74) is 1.58. The molecule has 0 spiro atoms. The van der Waals surface area contributed by atoms with E-state index in [0.29, 0.717) is 24.5 Å². The first-order valence-corrected chi connectivity index (χ1v) is 11.3. The molecule has 7 nitrogen and oxygen atoms in total. The lowest BCUT2D eigenvalue weighted by Gasteiger charge is -2.12. The number of nitrogens with zero attached hydrogens (tertiary/aromatic N) is 1. The number of benzene rings is 2. The van der Waals surface area contributed by atoms with Crippen LogP contribution in [0.1, 0.15) is 27.6 Å². The number of hydrogen-bond donors (Lipinski definition) is 3. The van der Waals surface area contributed by atoms with Crippen molar-refractivity contribution in [2.24, 2.45) is 0 Å². The number of aromatic carboxylic acids is 1. The Morgan fingerprint density at radius 3 is 2.45 bits per heavy atom. The molecule has 2 aromatic carbocycles. The zero-order valence-corrected chi connectivity index (χ0v) is 18.0. The minimum absolute atomic E-state index is 0.0798. The van der Waals surface area contributed by atoms with Crippen molar-refractivity contribution in [1.82, 2.24) is 10.3 Å². The molecular formula is C22H21ClN2O5S. The van der Waals surface area contributed by atoms with Crippen molar-refractivity contribution in [1.29, 1.82) is 0 Å². The van der Waals surface area contributed by atoms with Crippen LogP contribution in [0.5, 0.6) is 0 Å². The zero-order chi connectivity index (χ0) is 22.4. The maximum absolute atomic E-state index is 12.7. The molecule has 162 valence electrons. The first kappa shape index (κ1) is 22.9. The topological polar surface area (TPSA) is 117 Å². The summed E-state index contributed by atoms with van der Waals surface area (Å²) in [6.45, 7) is 0.965. The van der Waals surface area contributed by atoms with Gasteiger partial charge in [-0.2, -0.15) is 0 Å². The molecule has 0 amide bonds. The molecule has 1 unspecified atom stereocenters. The normalized spacial score (nSPS) is 12.5. The van der Waals surface area contributed by atoms with Crippen LogP contribution in [0.3, 0.4) is 0 Å². The van der Waals surface area contributed by atoms with E-state index in [4.69, 9.17) is 16.7 Å². The Balaban J connectivity index is 1.55. The van der Waals surface area contributed by atoms with Crippen molar-refractivity contribution >= 4 is 27.4 Å². The third-order valence-electron chi connectivity index (χ3n) is 4.65. The van der Waals surface area contributed by atoms with Gasteiger partial charge < -0.3 is 15.5 Å². The molecule has 3 aromatic rings. The summed E-state index contributed by atoms with van der Waals surface area (Å²) in [5.74, 6) is -1.17. The van der Waals surface area contributed by atoms with E-state index in [1.165, 1.54) is 24.3 Å². The summed E-state index contributed by atoms with van der Waals surface area (Å²) >= 11 is 5.93. The summed E-state index contributed by atoms with van der Waals surface area (Å²) in [5, 5.41) is 22.6. The highest BCUT2D eigenvalue weighted by atomic mass is 35.5. The standard InChI is InChI=1S/C22H21ClN2O5S/c23-18-3-1-2-16(12-18)20(26)14-24-11-10-15-4-7-19(8-5-15)31(29,30)21-9-6-17(13-25-21)22(27)28/h1-9,12-13,20,24,26H,10-11,14H2,(H,27,28). The fourth-order valence-electron chi connectivity index (χ4n) is 2.93. The Morgan fingerprint density at radius 1 is 1.10 bits per heavy atom. The van der Waals surface area contributed by atoms with Crippen LogP contribution < -0.4 is 5.32 Å². The first-order valence-electron chi connectivity index (χ1n) is 9.45. The highest BCUT2D eigenvalue weighted by Gasteiger charge is 2.19. The van der Waals surface area contributed by atoms with E-state index in [9.17, 15) is 18.3 Å². The van der Waals surface area contributed by atoms with Gasteiger partial charge in [0.25, 0.3) is 0 Å². The molecule has 1 aromatic heterocycles. The number of rotatable bonds is 9. The number of carbonyl (C=O) groups is 1. The summed E-state index contributed by atoms with van der Waals surface area (Å²) in [6, 6.07) is 15.9. The van der Waals surface area contributed by atoms with Crippen LogP contribution >= 0.6 is 11.6 Å². The maximum atomic E-state index is 12.7. The number of carboxylic acid groups (broad SMARTS) is 1. The van der Waals surface area contributed by atoms with Crippen molar-refractivity contribution in [3.63, 3.8) is 0 Å². The molecule has 0 aliphatic heterocycles. The minimum atomic E-state index is -3.83. The van der Waals surface area contributed by atoms with E-state index in [-0.39, 0.29) is 15.5 Å². The van der Waals surface area contributed by atoms with Gasteiger partial charge in [0.05, 0.1) is 16.6 Å². The van der Waals surface area contributed by atoms with Crippen LogP contribution in [-0.2, 0) is 16.3 Å². The van der Waals surface area contributed by atoms with E-state index in [2.05, 4.69) is 10.3 Å². The summed E-state index contributed by atoms with van der Waals surface area (Å²) in [6.07, 6.45) is 0.993. The highest BCUT2D eigenvalue weighted by molar-refractivity contribution is 7.91. The van der Waals surface area contributed by atoms with Gasteiger partial charge >= 0.3 is 5.97 Å². The van der Waals surface area contributed by atoms with E-state index >= 15 is 0 Å². The number of aromatic nitrogens is 1. The lowest BCUT2D eigenvalue weighted by Crippen LogP contribution is -2.23. The Bertz CT molecular complexity index is 1150. The quantitative estimate of drug-likeness (QED) is 0.420. The molecule has 0 radical (unpaired) electrons. The third-order valence-corrected chi connectivity index (χ3v) is 6.57. The van der Waals surface area contributed by atoms with Crippen molar-refractivity contribution in [2.45, 2.75) is 22.4 Å². The minimum Gasteiger partial charge on any atom is -0.478 e. The van der Waals surface area contributed by atoms with Gasteiger partial charge in [-0.1, -0.05) is 35.9 Å². The Hall–Kier alpha value is -2.78. The van der Waals surface area contributed by atoms with Gasteiger partial charge in [0.1, 0.15) is 0 Å². The zero-order valence-electron chi connectivity index (χ0n) is 16.4. The molecule has 0 aliphatic carbocycles. The largest absolute Gasteiger partial charge is 0.478 e. The molecule has 1 heterocycles. The molecule has 9 heteroatoms. The number of nitrogens with one attached hydrogen (secondary N) is 1. The van der Waals surface area contributed by atoms with Gasteiger partial charge in [-0.05, 0) is 60.5 Å². The molecule has 0 bridgehead atoms. The molecule has 31 heavy (non-hydrogen) atoms. The second kappa shape index (κ2) is 10.0. The molecule has 0 aliphatic rings. The van der Waals surface area contributed by atoms with Gasteiger partial charge in [0, 0.05) is 17.8 Å². The number of sulfone groups is 1. The lowest BCUT2D eigenvalue weighted by molar-refractivity contribution is 0.0696. The maximum Gasteiger partial charge on any atom is 0.337 e. The van der Waals surface area contributed by atoms with Crippen LogP contribution in [-0.4, -0.2) is 42.7 Å². The monoisotopic (exact) mass is 460 g/mol. The number of pyridine rings is 1. The number of hydrogen-bond acceptors (Lipinski definition) is 6. The Morgan fingerprint density at radius 2 is 1.84 bits per heavy atom. The van der Waals surface area contributed by atoms with E-state index in [1.54, 1.807) is 30.3 Å². The van der Waals surface area contributed by atoms with Gasteiger partial charge in [-0.3, -0.25) is 0 Å². The second-order valence-corrected chi connectivity index (χ2v) is 9.20. The Kier molecular flexibility index (Phi) is 7.40. The molecule has 0 saturated heterocycles. The molecule has 0 fully saturated rings. The van der Waals surface area contributed by atoms with E-state index in [1.807, 2.05) is 6.07 Å². The third kappa shape index (κ3) is 5.89. The van der Waals surface area contributed by atoms with Crippen molar-refractivity contribution in [3.05, 3.63) is 88.6 Å². The molecule has 0 saturated carbocycles. The SMILES string of the molecule is O=C(O)c1ccc(S(=O)(=O)c2ccc(CCNCC(O)c3cccc(Cl)c3)cc2)nc1. The van der Waals surface area contributed by atoms with Gasteiger partial charge in [-0.15, -0.1) is 0 Å². The van der Waals surface area contributed by atoms with Crippen LogP contribution in [0.25, 0.3) is 0 Å². The summed E-state index contributed by atoms with van der Waals surface area (Å²) in [7, 11) is -3.83. The second-order valence-electron chi connectivity index (χ2n) is 6.86. The van der Waals surface area contributed by atoms with E-state index in [0.717, 1.165) is 17.3 Å². The van der Waals surface area contributed by atoms with Crippen LogP contribution in [0.4, 0.5) is 0 Å². The lowest BCUT2D eigenvalue weighted by atomic mass is 10.1. The average Bonchev–Trinajstić information content (AvgIpc) is 2.77. The van der Waals surface area contributed by atoms with Crippen molar-refractivity contribution in [3.8, 4) is 0 Å². The smallest absolute Gasteiger partial charge is 0.337 e. The van der Waals surface area contributed by atoms with Crippen LogP contribution in [0.15, 0.2) is 76.8 Å².